The third-order valence-corrected chi connectivity index (χ3v) is 4.83. The maximum atomic E-state index is 10.9. The second kappa shape index (κ2) is 12.3. The van der Waals surface area contributed by atoms with Crippen LogP contribution in [0.1, 0.15) is 6.92 Å². The fourth-order valence-electron chi connectivity index (χ4n) is 0.570. The topological polar surface area (TPSA) is 308 Å². The van der Waals surface area contributed by atoms with E-state index < -0.39 is 23.2 Å². The molecule has 0 aromatic carbocycles. The van der Waals surface area contributed by atoms with E-state index in [0.29, 0.717) is 5.82 Å². The summed E-state index contributed by atoms with van der Waals surface area (Å²) in [6.45, 7) is 1.56. The third-order valence-electron chi connectivity index (χ3n) is 0.986. The summed E-state index contributed by atoms with van der Waals surface area (Å²) in [5, 5.41) is 0. The lowest BCUT2D eigenvalue weighted by molar-refractivity contribution is -0.339. The van der Waals surface area contributed by atoms with Crippen LogP contribution in [0.2, 0.25) is 0 Å². The van der Waals surface area contributed by atoms with E-state index in [1.165, 1.54) is 12.2 Å². The SMILES string of the molecule is C/C=C/C=C/P(=O)([O-])OP(=O)([O-])OP(=O)([O-])[O-].[NH4+].[NH4+].[NH4+].[NH4+]. The van der Waals surface area contributed by atoms with Crippen LogP contribution in [0.15, 0.2) is 24.0 Å². The van der Waals surface area contributed by atoms with E-state index in [2.05, 4.69) is 8.62 Å². The standard InChI is InChI=1S/C5H11O9P3.4H3N/c1-2-3-4-5-15(6,7)13-17(11,12)14-16(8,9)10;;;;/h2-5H,1H3,(H,6,7)(H,11,12)(H2,8,9,10);4*1H3/b3-2+,5-4+;;;;. The van der Waals surface area contributed by atoms with Crippen molar-refractivity contribution < 1.29 is 41.9 Å². The van der Waals surface area contributed by atoms with Gasteiger partial charge in [-0.3, -0.25) is 13.2 Å². The first-order valence-electron chi connectivity index (χ1n) is 3.84. The molecule has 0 radical (unpaired) electrons. The average Bonchev–Trinajstić information content (AvgIpc) is 1.96. The number of phosphoric acid groups is 2. The van der Waals surface area contributed by atoms with Crippen LogP contribution >= 0.6 is 23.2 Å². The van der Waals surface area contributed by atoms with Crippen LogP contribution in [-0.2, 0) is 22.3 Å². The summed E-state index contributed by atoms with van der Waals surface area (Å²) in [6.07, 6.45) is 3.62. The van der Waals surface area contributed by atoms with E-state index in [4.69, 9.17) is 0 Å². The zero-order chi connectivity index (χ0) is 13.7. The molecule has 13 nitrogen and oxygen atoms in total. The van der Waals surface area contributed by atoms with Gasteiger partial charge in [-0.15, -0.1) is 0 Å². The van der Waals surface area contributed by atoms with Crippen LogP contribution < -0.4 is 44.2 Å². The van der Waals surface area contributed by atoms with Crippen molar-refractivity contribution in [1.82, 2.24) is 24.6 Å². The highest BCUT2D eigenvalue weighted by Gasteiger charge is 2.18. The predicted molar refractivity (Wildman–Crippen MR) is 72.9 cm³/mol. The maximum absolute atomic E-state index is 10.9. The highest BCUT2D eigenvalue weighted by Crippen LogP contribution is 2.60. The molecule has 0 bridgehead atoms. The van der Waals surface area contributed by atoms with Crippen molar-refractivity contribution in [2.45, 2.75) is 6.92 Å². The van der Waals surface area contributed by atoms with E-state index in [0.717, 1.165) is 6.08 Å². The van der Waals surface area contributed by atoms with E-state index in [1.54, 1.807) is 6.92 Å². The molecule has 0 aliphatic heterocycles. The smallest absolute Gasteiger partial charge is 0.276 e. The van der Waals surface area contributed by atoms with Crippen LogP contribution in [-0.4, -0.2) is 0 Å². The first kappa shape index (κ1) is 32.6. The Labute approximate surface area is 121 Å². The second-order valence-electron chi connectivity index (χ2n) is 2.46. The Bertz CT molecular complexity index is 460. The molecule has 0 aromatic rings. The summed E-state index contributed by atoms with van der Waals surface area (Å²) < 4.78 is 38.0. The Hall–Kier alpha value is -0.230. The summed E-state index contributed by atoms with van der Waals surface area (Å²) in [4.78, 5) is 41.6. The molecule has 0 amide bonds. The van der Waals surface area contributed by atoms with Crippen molar-refractivity contribution in [2.75, 3.05) is 0 Å². The lowest BCUT2D eigenvalue weighted by Gasteiger charge is -2.37. The fourth-order valence-corrected chi connectivity index (χ4v) is 3.58. The molecule has 0 fully saturated rings. The fraction of sp³-hybridized carbons (Fsp3) is 0.200. The van der Waals surface area contributed by atoms with E-state index in [-0.39, 0.29) is 24.6 Å². The van der Waals surface area contributed by atoms with E-state index in [1.807, 2.05) is 0 Å². The summed E-state index contributed by atoms with van der Waals surface area (Å²) in [5.74, 6) is 0.363. The molecule has 2 unspecified atom stereocenters. The molecular weight excluding hydrogens is 353 g/mol. The Morgan fingerprint density at radius 3 is 1.57 bits per heavy atom. The normalized spacial score (nSPS) is 16.6. The number of hydrogen-bond acceptors (Lipinski definition) is 9. The van der Waals surface area contributed by atoms with Gasteiger partial charge in [0, 0.05) is 0 Å². The van der Waals surface area contributed by atoms with Gasteiger partial charge < -0.3 is 53.3 Å². The van der Waals surface area contributed by atoms with E-state index in [9.17, 15) is 33.3 Å². The Kier molecular flexibility index (Phi) is 19.2. The zero-order valence-electron chi connectivity index (χ0n) is 12.3. The number of hydrogen-bond donors (Lipinski definition) is 4. The average molecular weight is 376 g/mol. The summed E-state index contributed by atoms with van der Waals surface area (Å²) in [6, 6.07) is 0. The molecule has 0 aliphatic rings. The lowest BCUT2D eigenvalue weighted by Crippen LogP contribution is -2.19. The summed E-state index contributed by atoms with van der Waals surface area (Å²) >= 11 is 0. The molecule has 21 heavy (non-hydrogen) atoms. The van der Waals surface area contributed by atoms with Crippen molar-refractivity contribution in [3.8, 4) is 0 Å². The lowest BCUT2D eigenvalue weighted by atomic mass is 10.5. The van der Waals surface area contributed by atoms with Crippen molar-refractivity contribution in [3.63, 3.8) is 0 Å². The zero-order valence-corrected chi connectivity index (χ0v) is 15.0. The Morgan fingerprint density at radius 2 is 1.24 bits per heavy atom. The molecule has 2 atom stereocenters. The minimum atomic E-state index is -5.90. The Morgan fingerprint density at radius 1 is 0.810 bits per heavy atom. The first-order chi connectivity index (χ1) is 7.47. The maximum Gasteiger partial charge on any atom is 0.276 e. The third kappa shape index (κ3) is 19.8. The highest BCUT2D eigenvalue weighted by molar-refractivity contribution is 7.67. The van der Waals surface area contributed by atoms with Gasteiger partial charge in [0.15, 0.2) is 7.60 Å². The van der Waals surface area contributed by atoms with Crippen molar-refractivity contribution in [3.05, 3.63) is 24.0 Å². The molecule has 0 heterocycles. The molecule has 0 rings (SSSR count). The predicted octanol–water partition coefficient (Wildman–Crippen LogP) is 0.465. The Balaban J connectivity index is -0.000000213. The van der Waals surface area contributed by atoms with Crippen LogP contribution in [0.4, 0.5) is 0 Å². The number of rotatable bonds is 6. The number of allylic oxidation sites excluding steroid dienone is 3. The molecular formula is C5H23N4O9P3. The molecule has 0 aliphatic carbocycles. The minimum Gasteiger partial charge on any atom is -0.790 e. The number of quaternary nitrogens is 4. The summed E-state index contributed by atoms with van der Waals surface area (Å²) in [7, 11) is -16.7. The molecule has 0 spiro atoms. The van der Waals surface area contributed by atoms with E-state index >= 15 is 0 Å². The van der Waals surface area contributed by atoms with Gasteiger partial charge in [-0.05, 0) is 12.7 Å². The van der Waals surface area contributed by atoms with Crippen molar-refractivity contribution in [2.24, 2.45) is 0 Å². The highest BCUT2D eigenvalue weighted by atomic mass is 31.3. The van der Waals surface area contributed by atoms with Gasteiger partial charge in [0.25, 0.3) is 7.82 Å². The first-order valence-corrected chi connectivity index (χ1v) is 8.38. The van der Waals surface area contributed by atoms with Crippen LogP contribution in [0.5, 0.6) is 0 Å². The van der Waals surface area contributed by atoms with Crippen LogP contribution in [0, 0.1) is 0 Å². The molecule has 132 valence electrons. The largest absolute Gasteiger partial charge is 0.790 e. The summed E-state index contributed by atoms with van der Waals surface area (Å²) in [5.41, 5.74) is 0. The second-order valence-corrected chi connectivity index (χ2v) is 6.94. The van der Waals surface area contributed by atoms with Crippen LogP contribution in [0.3, 0.4) is 0 Å². The molecule has 0 saturated heterocycles. The molecule has 0 aromatic heterocycles. The van der Waals surface area contributed by atoms with Gasteiger partial charge in [0.2, 0.25) is 0 Å². The van der Waals surface area contributed by atoms with Crippen molar-refractivity contribution >= 4 is 23.2 Å². The van der Waals surface area contributed by atoms with Crippen LogP contribution in [0.25, 0.3) is 0 Å². The quantitative estimate of drug-likeness (QED) is 0.369. The van der Waals surface area contributed by atoms with Gasteiger partial charge in [-0.2, -0.15) is 0 Å². The monoisotopic (exact) mass is 376 g/mol. The molecule has 16 N–H and O–H groups in total. The van der Waals surface area contributed by atoms with Gasteiger partial charge in [0.05, 0.1) is 7.82 Å². The molecule has 16 heteroatoms. The van der Waals surface area contributed by atoms with Gasteiger partial charge >= 0.3 is 0 Å². The molecule has 0 saturated carbocycles. The van der Waals surface area contributed by atoms with Crippen molar-refractivity contribution in [1.29, 1.82) is 0 Å². The van der Waals surface area contributed by atoms with Gasteiger partial charge in [-0.25, -0.2) is 0 Å². The van der Waals surface area contributed by atoms with Gasteiger partial charge in [0.1, 0.15) is 0 Å². The van der Waals surface area contributed by atoms with Gasteiger partial charge in [-0.1, -0.05) is 18.2 Å². The minimum absolute atomic E-state index is 0.